The number of nitrogens with one attached hydrogen (secondary N) is 1. The average Bonchev–Trinajstić information content (AvgIpc) is 2.60. The minimum Gasteiger partial charge on any atom is -0.369 e. The molecule has 3 rings (SSSR count). The summed E-state index contributed by atoms with van der Waals surface area (Å²) in [6.07, 6.45) is -1.05. The summed E-state index contributed by atoms with van der Waals surface area (Å²) in [5, 5.41) is 3.28. The molecule has 0 spiro atoms. The minimum atomic E-state index is -0.882. The van der Waals surface area contributed by atoms with E-state index < -0.39 is 6.17 Å². The van der Waals surface area contributed by atoms with Crippen molar-refractivity contribution in [1.82, 2.24) is 5.32 Å². The first kappa shape index (κ1) is 13.2. The summed E-state index contributed by atoms with van der Waals surface area (Å²) >= 11 is 0. The first-order valence-corrected chi connectivity index (χ1v) is 6.71. The Balaban J connectivity index is 2.08. The van der Waals surface area contributed by atoms with E-state index in [1.807, 2.05) is 24.3 Å². The molecule has 6 heteroatoms. The number of rotatable bonds is 1. The van der Waals surface area contributed by atoms with Gasteiger partial charge in [-0.05, 0) is 6.07 Å². The molecular formula is C14H18N4O2. The quantitative estimate of drug-likeness (QED) is 0.738. The molecule has 0 radical (unpaired) electrons. The van der Waals surface area contributed by atoms with Crippen molar-refractivity contribution in [2.45, 2.75) is 12.3 Å². The predicted molar refractivity (Wildman–Crippen MR) is 77.0 cm³/mol. The largest absolute Gasteiger partial charge is 0.369 e. The second-order valence-electron chi connectivity index (χ2n) is 4.94. The summed E-state index contributed by atoms with van der Waals surface area (Å²) < 4.78 is 5.77. The summed E-state index contributed by atoms with van der Waals surface area (Å²) in [7, 11) is 1.72. The van der Waals surface area contributed by atoms with Gasteiger partial charge in [0.25, 0.3) is 5.91 Å². The fraction of sp³-hybridized carbons (Fsp3) is 0.429. The maximum atomic E-state index is 12.2. The van der Waals surface area contributed by atoms with Crippen molar-refractivity contribution in [1.29, 1.82) is 0 Å². The Morgan fingerprint density at radius 1 is 1.45 bits per heavy atom. The van der Waals surface area contributed by atoms with Gasteiger partial charge in [-0.15, -0.1) is 0 Å². The van der Waals surface area contributed by atoms with Crippen LogP contribution in [0.3, 0.4) is 0 Å². The van der Waals surface area contributed by atoms with Crippen molar-refractivity contribution in [3.8, 4) is 0 Å². The van der Waals surface area contributed by atoms with Crippen LogP contribution < -0.4 is 16.0 Å². The number of carbonyl (C=O) groups is 1. The highest BCUT2D eigenvalue weighted by molar-refractivity contribution is 6.14. The molecule has 1 amide bonds. The predicted octanol–water partition coefficient (Wildman–Crippen LogP) is -0.275. The van der Waals surface area contributed by atoms with Gasteiger partial charge in [-0.25, -0.2) is 0 Å². The van der Waals surface area contributed by atoms with Crippen molar-refractivity contribution in [3.05, 3.63) is 29.8 Å². The highest BCUT2D eigenvalue weighted by Crippen LogP contribution is 2.25. The van der Waals surface area contributed by atoms with Gasteiger partial charge in [0.2, 0.25) is 0 Å². The number of ether oxygens (including phenoxy) is 1. The molecule has 1 aromatic rings. The molecular weight excluding hydrogens is 256 g/mol. The molecule has 0 saturated carbocycles. The third kappa shape index (κ3) is 2.22. The van der Waals surface area contributed by atoms with Crippen LogP contribution in [0.25, 0.3) is 0 Å². The Hall–Kier alpha value is -1.76. The van der Waals surface area contributed by atoms with Crippen LogP contribution >= 0.6 is 0 Å². The number of carbonyl (C=O) groups excluding carboxylic acids is 1. The van der Waals surface area contributed by atoms with E-state index in [1.165, 1.54) is 0 Å². The zero-order chi connectivity index (χ0) is 14.1. The maximum Gasteiger partial charge on any atom is 0.266 e. The number of morpholine rings is 1. The molecule has 106 valence electrons. The van der Waals surface area contributed by atoms with Crippen LogP contribution in [0, 0.1) is 0 Å². The molecule has 0 bridgehead atoms. The van der Waals surface area contributed by atoms with E-state index >= 15 is 0 Å². The number of amides is 1. The van der Waals surface area contributed by atoms with Gasteiger partial charge in [0.1, 0.15) is 6.10 Å². The molecule has 1 fully saturated rings. The third-order valence-corrected chi connectivity index (χ3v) is 3.64. The summed E-state index contributed by atoms with van der Waals surface area (Å²) in [4.78, 5) is 18.1. The van der Waals surface area contributed by atoms with Gasteiger partial charge in [-0.2, -0.15) is 0 Å². The van der Waals surface area contributed by atoms with Crippen LogP contribution in [0.2, 0.25) is 0 Å². The van der Waals surface area contributed by atoms with Crippen LogP contribution in [0.15, 0.2) is 29.3 Å². The fourth-order valence-corrected chi connectivity index (χ4v) is 2.57. The van der Waals surface area contributed by atoms with Crippen molar-refractivity contribution in [2.24, 2.45) is 10.7 Å². The van der Waals surface area contributed by atoms with Gasteiger partial charge < -0.3 is 20.7 Å². The highest BCUT2D eigenvalue weighted by atomic mass is 16.5. The number of hydrogen-bond donors (Lipinski definition) is 2. The van der Waals surface area contributed by atoms with Gasteiger partial charge in [-0.3, -0.25) is 9.79 Å². The molecule has 20 heavy (non-hydrogen) atoms. The van der Waals surface area contributed by atoms with E-state index in [9.17, 15) is 4.79 Å². The number of aliphatic imine (C=N–C) groups is 1. The number of nitrogens with zero attached hydrogens (tertiary/aromatic N) is 2. The normalized spacial score (nSPS) is 26.8. The van der Waals surface area contributed by atoms with Crippen LogP contribution in [-0.4, -0.2) is 50.6 Å². The van der Waals surface area contributed by atoms with Crippen molar-refractivity contribution in [2.75, 3.05) is 31.6 Å². The lowest BCUT2D eigenvalue weighted by Crippen LogP contribution is -2.44. The number of fused-ring (bicyclic) bond motifs is 1. The van der Waals surface area contributed by atoms with Crippen molar-refractivity contribution in [3.63, 3.8) is 0 Å². The monoisotopic (exact) mass is 274 g/mol. The lowest BCUT2D eigenvalue weighted by molar-refractivity contribution is -0.119. The van der Waals surface area contributed by atoms with E-state index in [0.29, 0.717) is 13.2 Å². The minimum absolute atomic E-state index is 0.171. The average molecular weight is 274 g/mol. The smallest absolute Gasteiger partial charge is 0.266 e. The van der Waals surface area contributed by atoms with Gasteiger partial charge in [0.15, 0.2) is 6.17 Å². The van der Waals surface area contributed by atoms with Gasteiger partial charge in [0, 0.05) is 25.7 Å². The number of benzodiazepines with no additional fused rings is 1. The lowest BCUT2D eigenvalue weighted by atomic mass is 10.0. The van der Waals surface area contributed by atoms with Crippen LogP contribution in [0.4, 0.5) is 5.69 Å². The maximum absolute atomic E-state index is 12.2. The molecule has 2 aliphatic heterocycles. The zero-order valence-corrected chi connectivity index (χ0v) is 11.4. The van der Waals surface area contributed by atoms with E-state index in [-0.39, 0.29) is 12.0 Å². The molecule has 0 aliphatic carbocycles. The van der Waals surface area contributed by atoms with Crippen LogP contribution in [0.5, 0.6) is 0 Å². The summed E-state index contributed by atoms with van der Waals surface area (Å²) in [6, 6.07) is 7.68. The first-order chi connectivity index (χ1) is 9.68. The molecule has 1 aromatic carbocycles. The van der Waals surface area contributed by atoms with Crippen LogP contribution in [-0.2, 0) is 9.53 Å². The second kappa shape index (κ2) is 5.32. The molecule has 2 unspecified atom stereocenters. The Morgan fingerprint density at radius 2 is 2.25 bits per heavy atom. The molecule has 3 N–H and O–H groups in total. The standard InChI is InChI=1S/C14H18N4O2/c1-18-10-5-3-2-4-9(10)12(17-13(15)14(18)19)11-8-16-6-7-20-11/h2-5,11,13,16H,6-8,15H2,1H3. The summed E-state index contributed by atoms with van der Waals surface area (Å²) in [6.45, 7) is 2.14. The number of likely N-dealkylation sites (N-methyl/N-ethyl adjacent to an activating group) is 1. The number of anilines is 1. The molecule has 2 atom stereocenters. The summed E-state index contributed by atoms with van der Waals surface area (Å²) in [5.74, 6) is -0.212. The van der Waals surface area contributed by atoms with Gasteiger partial charge in [0.05, 0.1) is 18.0 Å². The fourth-order valence-electron chi connectivity index (χ4n) is 2.57. The number of hydrogen-bond acceptors (Lipinski definition) is 5. The molecule has 2 heterocycles. The molecule has 6 nitrogen and oxygen atoms in total. The van der Waals surface area contributed by atoms with Crippen molar-refractivity contribution < 1.29 is 9.53 Å². The molecule has 2 aliphatic rings. The number of para-hydroxylation sites is 1. The molecule has 1 saturated heterocycles. The first-order valence-electron chi connectivity index (χ1n) is 6.71. The Kier molecular flexibility index (Phi) is 3.52. The van der Waals surface area contributed by atoms with E-state index in [4.69, 9.17) is 10.5 Å². The lowest BCUT2D eigenvalue weighted by Gasteiger charge is -2.26. The Morgan fingerprint density at radius 3 is 3.00 bits per heavy atom. The summed E-state index contributed by atoms with van der Waals surface area (Å²) in [5.41, 5.74) is 8.36. The topological polar surface area (TPSA) is 80.0 Å². The van der Waals surface area contributed by atoms with Gasteiger partial charge in [-0.1, -0.05) is 18.2 Å². The van der Waals surface area contributed by atoms with E-state index in [1.54, 1.807) is 11.9 Å². The highest BCUT2D eigenvalue weighted by Gasteiger charge is 2.31. The van der Waals surface area contributed by atoms with E-state index in [0.717, 1.165) is 23.5 Å². The zero-order valence-electron chi connectivity index (χ0n) is 11.4. The van der Waals surface area contributed by atoms with E-state index in [2.05, 4.69) is 10.3 Å². The third-order valence-electron chi connectivity index (χ3n) is 3.64. The SMILES string of the molecule is CN1C(=O)C(N)N=C(C2CNCCO2)c2ccccc21. The molecule has 0 aromatic heterocycles. The van der Waals surface area contributed by atoms with Crippen molar-refractivity contribution >= 4 is 17.3 Å². The number of nitrogens with two attached hydrogens (primary N) is 1. The number of benzene rings is 1. The van der Waals surface area contributed by atoms with Crippen LogP contribution in [0.1, 0.15) is 5.56 Å². The Labute approximate surface area is 117 Å². The van der Waals surface area contributed by atoms with Gasteiger partial charge >= 0.3 is 0 Å². The second-order valence-corrected chi connectivity index (χ2v) is 4.94. The Bertz CT molecular complexity index is 552.